The van der Waals surface area contributed by atoms with Crippen molar-refractivity contribution in [1.29, 1.82) is 0 Å². The minimum Gasteiger partial charge on any atom is -0.352 e. The Morgan fingerprint density at radius 3 is 2.00 bits per heavy atom. The van der Waals surface area contributed by atoms with Gasteiger partial charge in [-0.1, -0.05) is 114 Å². The van der Waals surface area contributed by atoms with Crippen LogP contribution in [0.15, 0.2) is 55.1 Å². The Morgan fingerprint density at radius 1 is 0.848 bits per heavy atom. The van der Waals surface area contributed by atoms with Crippen LogP contribution in [0.3, 0.4) is 0 Å². The molecule has 5 heteroatoms. The second kappa shape index (κ2) is 15.0. The Bertz CT molecular complexity index is 893. The molecule has 1 N–H and O–H groups in total. The van der Waals surface area contributed by atoms with E-state index in [4.69, 9.17) is 0 Å². The second-order valence-corrected chi connectivity index (χ2v) is 8.59. The van der Waals surface area contributed by atoms with Gasteiger partial charge in [-0.25, -0.2) is 0 Å². The van der Waals surface area contributed by atoms with E-state index in [2.05, 4.69) is 18.8 Å². The van der Waals surface area contributed by atoms with Gasteiger partial charge in [0.1, 0.15) is 0 Å². The number of carbonyl (C=O) groups is 1. The van der Waals surface area contributed by atoms with Gasteiger partial charge in [-0.05, 0) is 24.1 Å². The normalized spacial score (nSPS) is 10.7. The van der Waals surface area contributed by atoms with Crippen LogP contribution in [-0.2, 0) is 4.79 Å². The molecule has 2 aromatic carbocycles. The van der Waals surface area contributed by atoms with Gasteiger partial charge in [-0.15, -0.1) is 0 Å². The predicted molar refractivity (Wildman–Crippen MR) is 137 cm³/mol. The van der Waals surface area contributed by atoms with Crippen molar-refractivity contribution < 1.29 is 9.72 Å². The number of rotatable bonds is 16. The number of hydrogen-bond donors (Lipinski definition) is 1. The van der Waals surface area contributed by atoms with Crippen LogP contribution in [0.5, 0.6) is 0 Å². The summed E-state index contributed by atoms with van der Waals surface area (Å²) >= 11 is 0. The highest BCUT2D eigenvalue weighted by Crippen LogP contribution is 2.35. The minimum absolute atomic E-state index is 0.0847. The molecule has 0 bridgehead atoms. The zero-order valence-electron chi connectivity index (χ0n) is 20.0. The van der Waals surface area contributed by atoms with Gasteiger partial charge >= 0.3 is 0 Å². The highest BCUT2D eigenvalue weighted by molar-refractivity contribution is 6.20. The van der Waals surface area contributed by atoms with Crippen LogP contribution in [0.25, 0.3) is 16.7 Å². The van der Waals surface area contributed by atoms with E-state index in [0.717, 1.165) is 18.4 Å². The van der Waals surface area contributed by atoms with Crippen molar-refractivity contribution in [3.05, 3.63) is 70.8 Å². The third-order valence-corrected chi connectivity index (χ3v) is 5.97. The molecule has 0 spiro atoms. The summed E-state index contributed by atoms with van der Waals surface area (Å²) in [5.74, 6) is -0.351. The molecule has 0 aromatic heterocycles. The second-order valence-electron chi connectivity index (χ2n) is 8.59. The lowest BCUT2D eigenvalue weighted by Gasteiger charge is -2.11. The Balaban J connectivity index is 1.78. The summed E-state index contributed by atoms with van der Waals surface area (Å²) in [6.07, 6.45) is 13.7. The molecule has 0 heterocycles. The van der Waals surface area contributed by atoms with E-state index in [9.17, 15) is 14.9 Å². The highest BCUT2D eigenvalue weighted by Gasteiger charge is 2.24. The zero-order valence-corrected chi connectivity index (χ0v) is 20.0. The van der Waals surface area contributed by atoms with Gasteiger partial charge in [0.25, 0.3) is 11.6 Å². The molecule has 0 aliphatic carbocycles. The van der Waals surface area contributed by atoms with E-state index in [0.29, 0.717) is 12.1 Å². The summed E-state index contributed by atoms with van der Waals surface area (Å²) in [7, 11) is 0. The third-order valence-electron chi connectivity index (χ3n) is 5.97. The number of benzene rings is 2. The maximum Gasteiger partial charge on any atom is 0.285 e. The number of nitrogens with zero attached hydrogens (tertiary/aromatic N) is 1. The molecule has 2 rings (SSSR count). The molecule has 1 amide bonds. The fourth-order valence-electron chi connectivity index (χ4n) is 4.05. The standard InChI is InChI=1S/C28H38N2O3/c1-3-4-5-6-7-8-9-10-11-12-16-22-29-28(31)23(2)25-20-17-21-26(27(25)30(32)33)24-18-14-13-15-19-24/h13-15,17-21H,2-12,16,22H2,1H3,(H,29,31). The molecule has 33 heavy (non-hydrogen) atoms. The Kier molecular flexibility index (Phi) is 11.9. The predicted octanol–water partition coefficient (Wildman–Crippen LogP) is 7.70. The molecule has 0 aliphatic heterocycles. The summed E-state index contributed by atoms with van der Waals surface area (Å²) in [6, 6.07) is 14.2. The van der Waals surface area contributed by atoms with Gasteiger partial charge < -0.3 is 5.32 Å². The lowest BCUT2D eigenvalue weighted by Crippen LogP contribution is -2.25. The van der Waals surface area contributed by atoms with E-state index in [1.54, 1.807) is 18.2 Å². The van der Waals surface area contributed by atoms with E-state index in [1.165, 1.54) is 57.8 Å². The van der Waals surface area contributed by atoms with Crippen molar-refractivity contribution in [3.8, 4) is 11.1 Å². The third kappa shape index (κ3) is 8.83. The van der Waals surface area contributed by atoms with Gasteiger partial charge in [0.15, 0.2) is 0 Å². The number of nitro benzene ring substituents is 1. The van der Waals surface area contributed by atoms with Crippen molar-refractivity contribution in [2.24, 2.45) is 0 Å². The van der Waals surface area contributed by atoms with Gasteiger partial charge in [0.05, 0.1) is 16.1 Å². The van der Waals surface area contributed by atoms with Crippen molar-refractivity contribution in [1.82, 2.24) is 5.32 Å². The first-order valence-corrected chi connectivity index (χ1v) is 12.4. The van der Waals surface area contributed by atoms with Gasteiger partial charge in [-0.3, -0.25) is 14.9 Å². The Hall–Kier alpha value is -2.95. The van der Waals surface area contributed by atoms with Crippen LogP contribution in [0.1, 0.15) is 83.1 Å². The zero-order chi connectivity index (χ0) is 23.9. The molecule has 0 fully saturated rings. The van der Waals surface area contributed by atoms with Crippen LogP contribution in [0.4, 0.5) is 5.69 Å². The molecule has 0 atom stereocenters. The largest absolute Gasteiger partial charge is 0.352 e. The summed E-state index contributed by atoms with van der Waals surface area (Å²) < 4.78 is 0. The molecule has 0 saturated heterocycles. The van der Waals surface area contributed by atoms with E-state index < -0.39 is 4.92 Å². The number of unbranched alkanes of at least 4 members (excludes halogenated alkanes) is 10. The lowest BCUT2D eigenvalue weighted by molar-refractivity contribution is -0.384. The van der Waals surface area contributed by atoms with Crippen LogP contribution in [0, 0.1) is 10.1 Å². The molecular weight excluding hydrogens is 412 g/mol. The summed E-state index contributed by atoms with van der Waals surface area (Å²) in [5.41, 5.74) is 1.52. The molecule has 0 unspecified atom stereocenters. The maximum atomic E-state index is 12.6. The fourth-order valence-corrected chi connectivity index (χ4v) is 4.05. The molecule has 0 aliphatic rings. The van der Waals surface area contributed by atoms with Crippen LogP contribution >= 0.6 is 0 Å². The number of para-hydroxylation sites is 1. The first-order valence-electron chi connectivity index (χ1n) is 12.4. The number of carbonyl (C=O) groups excluding carboxylic acids is 1. The average Bonchev–Trinajstić information content (AvgIpc) is 2.84. The SMILES string of the molecule is C=C(C(=O)NCCCCCCCCCCCCC)c1cccc(-c2ccccc2)c1[N+](=O)[O-]. The van der Waals surface area contributed by atoms with Crippen molar-refractivity contribution in [2.75, 3.05) is 6.54 Å². The Morgan fingerprint density at radius 2 is 1.42 bits per heavy atom. The molecule has 0 radical (unpaired) electrons. The minimum atomic E-state index is -0.431. The quantitative estimate of drug-likeness (QED) is 0.123. The van der Waals surface area contributed by atoms with Gasteiger partial charge in [-0.2, -0.15) is 0 Å². The van der Waals surface area contributed by atoms with E-state index in [-0.39, 0.29) is 22.7 Å². The summed E-state index contributed by atoms with van der Waals surface area (Å²) in [6.45, 7) is 6.66. The van der Waals surface area contributed by atoms with Gasteiger partial charge in [0, 0.05) is 12.1 Å². The molecule has 178 valence electrons. The Labute approximate surface area is 198 Å². The van der Waals surface area contributed by atoms with Crippen molar-refractivity contribution >= 4 is 17.2 Å². The number of nitro groups is 1. The first kappa shape index (κ1) is 26.3. The fraction of sp³-hybridized carbons (Fsp3) is 0.464. The van der Waals surface area contributed by atoms with Gasteiger partial charge in [0.2, 0.25) is 0 Å². The topological polar surface area (TPSA) is 72.2 Å². The van der Waals surface area contributed by atoms with Crippen molar-refractivity contribution in [2.45, 2.75) is 77.6 Å². The number of hydrogen-bond acceptors (Lipinski definition) is 3. The summed E-state index contributed by atoms with van der Waals surface area (Å²) in [4.78, 5) is 24.0. The molecular formula is C28H38N2O3. The van der Waals surface area contributed by atoms with Crippen LogP contribution in [0.2, 0.25) is 0 Å². The van der Waals surface area contributed by atoms with Crippen molar-refractivity contribution in [3.63, 3.8) is 0 Å². The van der Waals surface area contributed by atoms with Crippen LogP contribution in [-0.4, -0.2) is 17.4 Å². The number of nitrogens with one attached hydrogen (secondary N) is 1. The smallest absolute Gasteiger partial charge is 0.285 e. The average molecular weight is 451 g/mol. The van der Waals surface area contributed by atoms with Crippen LogP contribution < -0.4 is 5.32 Å². The number of amides is 1. The first-order chi connectivity index (χ1) is 16.1. The summed E-state index contributed by atoms with van der Waals surface area (Å²) in [5, 5.41) is 14.7. The van der Waals surface area contributed by atoms with E-state index in [1.807, 2.05) is 30.3 Å². The highest BCUT2D eigenvalue weighted by atomic mass is 16.6. The lowest BCUT2D eigenvalue weighted by atomic mass is 9.96. The molecule has 0 saturated carbocycles. The monoisotopic (exact) mass is 450 g/mol. The van der Waals surface area contributed by atoms with E-state index >= 15 is 0 Å². The molecule has 2 aromatic rings. The molecule has 5 nitrogen and oxygen atoms in total. The maximum absolute atomic E-state index is 12.6.